The second kappa shape index (κ2) is 10.3. The van der Waals surface area contributed by atoms with Gasteiger partial charge in [0, 0.05) is 19.3 Å². The highest BCUT2D eigenvalue weighted by atomic mass is 32.2. The Bertz CT molecular complexity index is 618. The molecule has 6 nitrogen and oxygen atoms in total. The van der Waals surface area contributed by atoms with E-state index in [1.165, 1.54) is 37.3 Å². The third-order valence-electron chi connectivity index (χ3n) is 4.13. The maximum Gasteiger partial charge on any atom is 0.323 e. The van der Waals surface area contributed by atoms with Gasteiger partial charge in [-0.05, 0) is 56.3 Å². The zero-order chi connectivity index (χ0) is 19.1. The Labute approximate surface area is 168 Å². The van der Waals surface area contributed by atoms with Crippen LogP contribution in [0, 0.1) is 0 Å². The fraction of sp³-hybridized carbons (Fsp3) is 0.588. The number of nitrogens with one attached hydrogen (secondary N) is 1. The molecule has 26 heavy (non-hydrogen) atoms. The quantitative estimate of drug-likeness (QED) is 0.534. The lowest BCUT2D eigenvalue weighted by atomic mass is 10.2. The number of aliphatic carboxylic acids is 1. The third-order valence-corrected chi connectivity index (χ3v) is 6.49. The van der Waals surface area contributed by atoms with Crippen molar-refractivity contribution < 1.29 is 14.7 Å². The predicted octanol–water partition coefficient (Wildman–Crippen LogP) is 2.49. The normalized spacial score (nSPS) is 24.0. The number of thiocarbonyl (C=S) groups is 1. The molecule has 3 saturated heterocycles. The summed E-state index contributed by atoms with van der Waals surface area (Å²) in [6, 6.07) is 0. The zero-order valence-electron chi connectivity index (χ0n) is 15.1. The van der Waals surface area contributed by atoms with Crippen molar-refractivity contribution in [1.82, 2.24) is 15.1 Å². The fourth-order valence-electron chi connectivity index (χ4n) is 2.75. The van der Waals surface area contributed by atoms with Crippen molar-refractivity contribution in [3.63, 3.8) is 0 Å². The summed E-state index contributed by atoms with van der Waals surface area (Å²) in [6.07, 6.45) is 6.14. The van der Waals surface area contributed by atoms with E-state index in [2.05, 4.69) is 10.2 Å². The summed E-state index contributed by atoms with van der Waals surface area (Å²) in [5, 5.41) is 13.1. The zero-order valence-corrected chi connectivity index (χ0v) is 17.6. The van der Waals surface area contributed by atoms with Gasteiger partial charge in [-0.3, -0.25) is 9.59 Å². The van der Waals surface area contributed by atoms with Gasteiger partial charge in [-0.25, -0.2) is 0 Å². The molecule has 3 aliphatic heterocycles. The maximum atomic E-state index is 12.0. The molecular weight excluding hydrogens is 390 g/mol. The van der Waals surface area contributed by atoms with Gasteiger partial charge >= 0.3 is 5.97 Å². The van der Waals surface area contributed by atoms with E-state index in [0.29, 0.717) is 10.0 Å². The Morgan fingerprint density at radius 3 is 2.50 bits per heavy atom. The summed E-state index contributed by atoms with van der Waals surface area (Å²) < 4.78 is 0.303. The lowest BCUT2D eigenvalue weighted by Crippen LogP contribution is -2.29. The number of carbonyl (C=O) groups is 2. The summed E-state index contributed by atoms with van der Waals surface area (Å²) >= 11 is 7.71. The molecule has 3 heterocycles. The number of carbonyl (C=O) groups excluding carboxylic acids is 1. The fourth-order valence-corrected chi connectivity index (χ4v) is 5.07. The van der Waals surface area contributed by atoms with Gasteiger partial charge in [0.05, 0.1) is 5.03 Å². The average molecular weight is 416 g/mol. The first-order valence-electron chi connectivity index (χ1n) is 8.63. The second-order valence-electron chi connectivity index (χ2n) is 6.23. The monoisotopic (exact) mass is 415 g/mol. The van der Waals surface area contributed by atoms with E-state index in [1.807, 2.05) is 20.0 Å². The first-order valence-corrected chi connectivity index (χ1v) is 10.8. The number of hydrogen-bond donors (Lipinski definition) is 2. The largest absolute Gasteiger partial charge is 0.480 e. The lowest BCUT2D eigenvalue weighted by molar-refractivity contribution is -0.137. The Balaban J connectivity index is 0.000000342. The Morgan fingerprint density at radius 1 is 1.35 bits per heavy atom. The molecule has 0 saturated carbocycles. The van der Waals surface area contributed by atoms with E-state index in [-0.39, 0.29) is 11.7 Å². The van der Waals surface area contributed by atoms with Crippen LogP contribution in [0.15, 0.2) is 22.4 Å². The van der Waals surface area contributed by atoms with Crippen LogP contribution in [0.3, 0.4) is 0 Å². The van der Waals surface area contributed by atoms with Gasteiger partial charge in [0.15, 0.2) is 0 Å². The molecule has 0 aromatic carbocycles. The highest BCUT2D eigenvalue weighted by Crippen LogP contribution is 2.33. The summed E-state index contributed by atoms with van der Waals surface area (Å²) in [6.45, 7) is 5.01. The number of carboxylic acid groups (broad SMARTS) is 1. The van der Waals surface area contributed by atoms with Crippen molar-refractivity contribution in [1.29, 1.82) is 0 Å². The maximum absolute atomic E-state index is 12.0. The van der Waals surface area contributed by atoms with Crippen LogP contribution in [-0.2, 0) is 9.59 Å². The highest BCUT2D eigenvalue weighted by molar-refractivity contribution is 8.33. The molecule has 3 aliphatic rings. The molecule has 2 N–H and O–H groups in total. The van der Waals surface area contributed by atoms with E-state index in [0.717, 1.165) is 34.7 Å². The Morgan fingerprint density at radius 2 is 2.04 bits per heavy atom. The minimum absolute atomic E-state index is 0.184. The van der Waals surface area contributed by atoms with Crippen LogP contribution < -0.4 is 5.32 Å². The SMILES string of the molecule is C/C(C=C1SCCN1C)=C1\C(=O)SC(=S)N1CC(=O)O.C1CCNCC1. The number of hydrogen-bond acceptors (Lipinski definition) is 7. The van der Waals surface area contributed by atoms with Crippen molar-refractivity contribution in [3.8, 4) is 0 Å². The number of rotatable bonds is 3. The van der Waals surface area contributed by atoms with Crippen LogP contribution in [0.4, 0.5) is 0 Å². The van der Waals surface area contributed by atoms with E-state index in [9.17, 15) is 9.59 Å². The van der Waals surface area contributed by atoms with Crippen molar-refractivity contribution in [2.75, 3.05) is 39.0 Å². The number of nitrogens with zero attached hydrogens (tertiary/aromatic N) is 2. The Kier molecular flexibility index (Phi) is 8.46. The molecule has 0 radical (unpaired) electrons. The van der Waals surface area contributed by atoms with Gasteiger partial charge in [-0.15, -0.1) is 11.8 Å². The molecule has 0 unspecified atom stereocenters. The lowest BCUT2D eigenvalue weighted by Gasteiger charge is -2.17. The molecule has 3 rings (SSSR count). The van der Waals surface area contributed by atoms with Gasteiger partial charge in [-0.2, -0.15) is 0 Å². The van der Waals surface area contributed by atoms with Crippen LogP contribution in [-0.4, -0.2) is 69.3 Å². The van der Waals surface area contributed by atoms with Crippen LogP contribution in [0.25, 0.3) is 0 Å². The van der Waals surface area contributed by atoms with Crippen molar-refractivity contribution in [3.05, 3.63) is 22.4 Å². The average Bonchev–Trinajstić information content (AvgIpc) is 3.12. The minimum Gasteiger partial charge on any atom is -0.480 e. The van der Waals surface area contributed by atoms with E-state index in [1.54, 1.807) is 11.8 Å². The summed E-state index contributed by atoms with van der Waals surface area (Å²) in [7, 11) is 1.99. The summed E-state index contributed by atoms with van der Waals surface area (Å²) in [5.74, 6) is 0.0122. The Hall–Kier alpha value is -1.03. The van der Waals surface area contributed by atoms with Crippen molar-refractivity contribution in [2.24, 2.45) is 0 Å². The number of carboxylic acids is 1. The molecule has 0 spiro atoms. The standard InChI is InChI=1S/C12H14N2O3S3.C5H11N/c1-7(5-8-13(2)3-4-19-8)10-11(17)20-12(18)14(10)6-9(15)16;1-2-4-6-5-3-1/h5H,3-4,6H2,1-2H3,(H,15,16);6H,1-5H2/b8-5?,10-7-;. The van der Waals surface area contributed by atoms with E-state index in [4.69, 9.17) is 17.3 Å². The highest BCUT2D eigenvalue weighted by Gasteiger charge is 2.34. The van der Waals surface area contributed by atoms with Crippen LogP contribution in [0.5, 0.6) is 0 Å². The number of thioether (sulfide) groups is 2. The van der Waals surface area contributed by atoms with Gasteiger partial charge in [-0.1, -0.05) is 18.6 Å². The number of allylic oxidation sites excluding steroid dienone is 2. The molecule has 0 atom stereocenters. The van der Waals surface area contributed by atoms with Gasteiger partial charge in [0.1, 0.15) is 16.6 Å². The molecular formula is C17H25N3O3S3. The minimum atomic E-state index is -1.01. The molecule has 144 valence electrons. The first kappa shape index (κ1) is 21.3. The van der Waals surface area contributed by atoms with Gasteiger partial charge < -0.3 is 20.2 Å². The smallest absolute Gasteiger partial charge is 0.323 e. The van der Waals surface area contributed by atoms with Crippen LogP contribution >= 0.6 is 35.7 Å². The van der Waals surface area contributed by atoms with E-state index >= 15 is 0 Å². The van der Waals surface area contributed by atoms with Gasteiger partial charge in [0.2, 0.25) is 5.12 Å². The topological polar surface area (TPSA) is 72.9 Å². The number of piperidine rings is 1. The van der Waals surface area contributed by atoms with Gasteiger partial charge in [0.25, 0.3) is 0 Å². The molecule has 3 fully saturated rings. The second-order valence-corrected chi connectivity index (χ2v) is 8.95. The van der Waals surface area contributed by atoms with Crippen LogP contribution in [0.1, 0.15) is 26.2 Å². The van der Waals surface area contributed by atoms with Crippen molar-refractivity contribution >= 4 is 51.1 Å². The first-order chi connectivity index (χ1) is 12.4. The predicted molar refractivity (Wildman–Crippen MR) is 112 cm³/mol. The summed E-state index contributed by atoms with van der Waals surface area (Å²) in [4.78, 5) is 26.4. The molecule has 0 aromatic rings. The van der Waals surface area contributed by atoms with Crippen molar-refractivity contribution in [2.45, 2.75) is 26.2 Å². The summed E-state index contributed by atoms with van der Waals surface area (Å²) in [5.41, 5.74) is 1.13. The molecule has 0 bridgehead atoms. The molecule has 0 aromatic heterocycles. The molecule has 0 amide bonds. The molecule has 0 aliphatic carbocycles. The van der Waals surface area contributed by atoms with E-state index < -0.39 is 5.97 Å². The third kappa shape index (κ3) is 6.00. The molecule has 9 heteroatoms. The van der Waals surface area contributed by atoms with Crippen LogP contribution in [0.2, 0.25) is 0 Å².